The molecule has 0 aromatic carbocycles. The number of nitrogens with zero attached hydrogens (tertiary/aromatic N) is 3. The highest BCUT2D eigenvalue weighted by Gasteiger charge is 2.26. The lowest BCUT2D eigenvalue weighted by molar-refractivity contribution is 0.0631. The SMILES string of the molecule is Cc1noc(C)c1CSc1ncccc1C(=O)N1CCCCC1C. The maximum Gasteiger partial charge on any atom is 0.256 e. The van der Waals surface area contributed by atoms with E-state index in [1.165, 1.54) is 6.42 Å². The van der Waals surface area contributed by atoms with E-state index >= 15 is 0 Å². The molecule has 1 aliphatic rings. The van der Waals surface area contributed by atoms with Crippen molar-refractivity contribution in [1.29, 1.82) is 0 Å². The summed E-state index contributed by atoms with van der Waals surface area (Å²) in [5.41, 5.74) is 2.67. The Labute approximate surface area is 146 Å². The number of hydrogen-bond acceptors (Lipinski definition) is 5. The molecule has 1 amide bonds. The average Bonchev–Trinajstić information content (AvgIpc) is 2.91. The van der Waals surface area contributed by atoms with Gasteiger partial charge in [0, 0.05) is 30.1 Å². The van der Waals surface area contributed by atoms with Crippen LogP contribution in [0, 0.1) is 13.8 Å². The lowest BCUT2D eigenvalue weighted by atomic mass is 10.0. The molecular formula is C18H23N3O2S. The van der Waals surface area contributed by atoms with Crippen LogP contribution in [0.3, 0.4) is 0 Å². The van der Waals surface area contributed by atoms with Crippen LogP contribution in [0.25, 0.3) is 0 Å². The van der Waals surface area contributed by atoms with Crippen molar-refractivity contribution in [1.82, 2.24) is 15.0 Å². The highest BCUT2D eigenvalue weighted by atomic mass is 32.2. The van der Waals surface area contributed by atoms with Gasteiger partial charge in [-0.15, -0.1) is 11.8 Å². The van der Waals surface area contributed by atoms with E-state index < -0.39 is 0 Å². The minimum Gasteiger partial charge on any atom is -0.361 e. The first-order valence-electron chi connectivity index (χ1n) is 8.38. The molecule has 3 rings (SSSR count). The molecule has 1 fully saturated rings. The Bertz CT molecular complexity index is 709. The van der Waals surface area contributed by atoms with Crippen molar-refractivity contribution < 1.29 is 9.32 Å². The number of pyridine rings is 1. The molecule has 6 heteroatoms. The second-order valence-electron chi connectivity index (χ2n) is 6.29. The van der Waals surface area contributed by atoms with Crippen molar-refractivity contribution >= 4 is 17.7 Å². The Balaban J connectivity index is 1.79. The van der Waals surface area contributed by atoms with Crippen LogP contribution in [0.15, 0.2) is 27.9 Å². The molecule has 5 nitrogen and oxygen atoms in total. The van der Waals surface area contributed by atoms with Gasteiger partial charge in [-0.3, -0.25) is 4.79 Å². The number of thioether (sulfide) groups is 1. The van der Waals surface area contributed by atoms with Gasteiger partial charge >= 0.3 is 0 Å². The Morgan fingerprint density at radius 3 is 2.96 bits per heavy atom. The van der Waals surface area contributed by atoms with Gasteiger partial charge in [-0.2, -0.15) is 0 Å². The van der Waals surface area contributed by atoms with E-state index in [9.17, 15) is 4.79 Å². The van der Waals surface area contributed by atoms with Gasteiger partial charge in [0.15, 0.2) is 0 Å². The molecule has 0 saturated carbocycles. The summed E-state index contributed by atoms with van der Waals surface area (Å²) in [5.74, 6) is 1.62. The molecule has 128 valence electrons. The predicted octanol–water partition coefficient (Wildman–Crippen LogP) is 3.99. The molecule has 0 aliphatic carbocycles. The number of aryl methyl sites for hydroxylation is 2. The van der Waals surface area contributed by atoms with Crippen LogP contribution in [0.1, 0.15) is 53.6 Å². The molecule has 1 unspecified atom stereocenters. The van der Waals surface area contributed by atoms with E-state index in [0.717, 1.165) is 41.4 Å². The fourth-order valence-corrected chi connectivity index (χ4v) is 4.21. The summed E-state index contributed by atoms with van der Waals surface area (Å²) in [5, 5.41) is 4.76. The molecule has 0 N–H and O–H groups in total. The molecule has 0 bridgehead atoms. The normalized spacial score (nSPS) is 18.0. The first kappa shape index (κ1) is 17.0. The molecule has 0 spiro atoms. The summed E-state index contributed by atoms with van der Waals surface area (Å²) in [4.78, 5) is 19.4. The number of aromatic nitrogens is 2. The smallest absolute Gasteiger partial charge is 0.256 e. The topological polar surface area (TPSA) is 59.2 Å². The lowest BCUT2D eigenvalue weighted by Crippen LogP contribution is -2.42. The number of carbonyl (C=O) groups is 1. The molecule has 1 atom stereocenters. The van der Waals surface area contributed by atoms with Crippen LogP contribution in [0.5, 0.6) is 0 Å². The van der Waals surface area contributed by atoms with E-state index in [1.54, 1.807) is 18.0 Å². The van der Waals surface area contributed by atoms with E-state index in [1.807, 2.05) is 30.9 Å². The van der Waals surface area contributed by atoms with Gasteiger partial charge < -0.3 is 9.42 Å². The van der Waals surface area contributed by atoms with Gasteiger partial charge in [0.05, 0.1) is 11.3 Å². The number of likely N-dealkylation sites (tertiary alicyclic amines) is 1. The van der Waals surface area contributed by atoms with Crippen molar-refractivity contribution in [2.75, 3.05) is 6.54 Å². The van der Waals surface area contributed by atoms with Crippen molar-refractivity contribution in [3.63, 3.8) is 0 Å². The third-order valence-corrected chi connectivity index (χ3v) is 5.63. The van der Waals surface area contributed by atoms with Gasteiger partial charge in [-0.05, 0) is 52.2 Å². The van der Waals surface area contributed by atoms with Gasteiger partial charge in [-0.25, -0.2) is 4.98 Å². The Hall–Kier alpha value is -1.82. The standard InChI is InChI=1S/C18H23N3O2S/c1-12-7-4-5-10-21(12)18(22)15-8-6-9-19-17(15)24-11-16-13(2)20-23-14(16)3/h6,8-9,12H,4-5,7,10-11H2,1-3H3. The monoisotopic (exact) mass is 345 g/mol. The number of rotatable bonds is 4. The van der Waals surface area contributed by atoms with Crippen molar-refractivity contribution in [3.8, 4) is 0 Å². The van der Waals surface area contributed by atoms with Crippen LogP contribution >= 0.6 is 11.8 Å². The molecule has 2 aromatic rings. The fourth-order valence-electron chi connectivity index (χ4n) is 3.07. The fraction of sp³-hybridized carbons (Fsp3) is 0.500. The van der Waals surface area contributed by atoms with Gasteiger partial charge in [-0.1, -0.05) is 5.16 Å². The molecule has 2 aromatic heterocycles. The first-order chi connectivity index (χ1) is 11.6. The van der Waals surface area contributed by atoms with Crippen molar-refractivity contribution in [3.05, 3.63) is 40.9 Å². The number of hydrogen-bond donors (Lipinski definition) is 0. The van der Waals surface area contributed by atoms with Gasteiger partial charge in [0.2, 0.25) is 0 Å². The maximum absolute atomic E-state index is 13.0. The van der Waals surface area contributed by atoms with Gasteiger partial charge in [0.1, 0.15) is 10.8 Å². The highest BCUT2D eigenvalue weighted by molar-refractivity contribution is 7.98. The summed E-state index contributed by atoms with van der Waals surface area (Å²) < 4.78 is 5.21. The van der Waals surface area contributed by atoms with E-state index in [-0.39, 0.29) is 5.91 Å². The Morgan fingerprint density at radius 2 is 2.25 bits per heavy atom. The number of carbonyl (C=O) groups excluding carboxylic acids is 1. The van der Waals surface area contributed by atoms with Gasteiger partial charge in [0.25, 0.3) is 5.91 Å². The summed E-state index contributed by atoms with van der Waals surface area (Å²) in [6.07, 6.45) is 5.10. The highest BCUT2D eigenvalue weighted by Crippen LogP contribution is 2.29. The number of piperidine rings is 1. The van der Waals surface area contributed by atoms with Crippen molar-refractivity contribution in [2.45, 2.75) is 56.9 Å². The maximum atomic E-state index is 13.0. The largest absolute Gasteiger partial charge is 0.361 e. The zero-order valence-corrected chi connectivity index (χ0v) is 15.2. The minimum atomic E-state index is 0.0940. The second kappa shape index (κ2) is 7.38. The van der Waals surface area contributed by atoms with Crippen LogP contribution in [0.2, 0.25) is 0 Å². The first-order valence-corrected chi connectivity index (χ1v) is 9.37. The summed E-state index contributed by atoms with van der Waals surface area (Å²) >= 11 is 1.57. The molecule has 1 aliphatic heterocycles. The van der Waals surface area contributed by atoms with Crippen LogP contribution in [-0.2, 0) is 5.75 Å². The minimum absolute atomic E-state index is 0.0940. The Morgan fingerprint density at radius 1 is 1.42 bits per heavy atom. The molecule has 1 saturated heterocycles. The second-order valence-corrected chi connectivity index (χ2v) is 7.25. The van der Waals surface area contributed by atoms with E-state index in [2.05, 4.69) is 17.1 Å². The third-order valence-electron chi connectivity index (χ3n) is 4.60. The van der Waals surface area contributed by atoms with Crippen LogP contribution in [-0.4, -0.2) is 33.5 Å². The summed E-state index contributed by atoms with van der Waals surface area (Å²) in [7, 11) is 0. The quantitative estimate of drug-likeness (QED) is 0.784. The Kier molecular flexibility index (Phi) is 5.23. The molecular weight excluding hydrogens is 322 g/mol. The van der Waals surface area contributed by atoms with Crippen LogP contribution in [0.4, 0.5) is 0 Å². The zero-order chi connectivity index (χ0) is 17.1. The van der Waals surface area contributed by atoms with Crippen molar-refractivity contribution in [2.24, 2.45) is 0 Å². The molecule has 0 radical (unpaired) electrons. The lowest BCUT2D eigenvalue weighted by Gasteiger charge is -2.33. The van der Waals surface area contributed by atoms with Crippen LogP contribution < -0.4 is 0 Å². The van der Waals surface area contributed by atoms with E-state index in [4.69, 9.17) is 4.52 Å². The number of amides is 1. The molecule has 24 heavy (non-hydrogen) atoms. The predicted molar refractivity (Wildman–Crippen MR) is 94.1 cm³/mol. The third kappa shape index (κ3) is 3.48. The summed E-state index contributed by atoms with van der Waals surface area (Å²) in [6, 6.07) is 4.01. The average molecular weight is 345 g/mol. The molecule has 3 heterocycles. The zero-order valence-electron chi connectivity index (χ0n) is 14.4. The van der Waals surface area contributed by atoms with E-state index in [0.29, 0.717) is 17.4 Å². The summed E-state index contributed by atoms with van der Waals surface area (Å²) in [6.45, 7) is 6.81.